The Kier molecular flexibility index (Phi) is 5.14. The Labute approximate surface area is 171 Å². The van der Waals surface area contributed by atoms with E-state index in [4.69, 9.17) is 9.15 Å². The van der Waals surface area contributed by atoms with Crippen LogP contribution in [0.3, 0.4) is 0 Å². The van der Waals surface area contributed by atoms with Crippen LogP contribution in [0.1, 0.15) is 23.0 Å². The van der Waals surface area contributed by atoms with Crippen molar-refractivity contribution >= 4 is 39.3 Å². The van der Waals surface area contributed by atoms with Gasteiger partial charge in [0, 0.05) is 21.9 Å². The standard InChI is InChI=1S/C22H18N2O4S/c1-13-16-10-6-7-11-18(16)28-19(13)21(26)27-14(2)20(25)24-22-23-17(12-29-22)15-8-4-3-5-9-15/h3-12,14H,1-2H3,(H,23,24,25). The largest absolute Gasteiger partial charge is 0.449 e. The number of furan rings is 1. The van der Waals surface area contributed by atoms with E-state index in [1.807, 2.05) is 53.9 Å². The number of fused-ring (bicyclic) bond motifs is 1. The molecule has 7 heteroatoms. The maximum Gasteiger partial charge on any atom is 0.375 e. The Balaban J connectivity index is 1.42. The zero-order valence-corrected chi connectivity index (χ0v) is 16.7. The smallest absolute Gasteiger partial charge is 0.375 e. The second-order valence-electron chi connectivity index (χ2n) is 6.49. The summed E-state index contributed by atoms with van der Waals surface area (Å²) >= 11 is 1.31. The topological polar surface area (TPSA) is 81.4 Å². The van der Waals surface area contributed by atoms with E-state index in [-0.39, 0.29) is 5.76 Å². The van der Waals surface area contributed by atoms with Crippen LogP contribution in [0.2, 0.25) is 0 Å². The van der Waals surface area contributed by atoms with Gasteiger partial charge in [-0.3, -0.25) is 10.1 Å². The summed E-state index contributed by atoms with van der Waals surface area (Å²) in [5.74, 6) is -1.03. The van der Waals surface area contributed by atoms with Crippen molar-refractivity contribution in [2.24, 2.45) is 0 Å². The lowest BCUT2D eigenvalue weighted by Gasteiger charge is -2.11. The van der Waals surface area contributed by atoms with E-state index in [2.05, 4.69) is 10.3 Å². The van der Waals surface area contributed by atoms with Crippen molar-refractivity contribution in [2.75, 3.05) is 5.32 Å². The summed E-state index contributed by atoms with van der Waals surface area (Å²) in [6, 6.07) is 17.0. The molecule has 2 aromatic carbocycles. The first-order valence-electron chi connectivity index (χ1n) is 9.04. The lowest BCUT2D eigenvalue weighted by atomic mass is 10.1. The number of para-hydroxylation sites is 1. The first-order valence-corrected chi connectivity index (χ1v) is 9.92. The molecular weight excluding hydrogens is 388 g/mol. The number of nitrogens with one attached hydrogen (secondary N) is 1. The van der Waals surface area contributed by atoms with Gasteiger partial charge in [0.25, 0.3) is 5.91 Å². The number of ether oxygens (including phenoxy) is 1. The zero-order valence-electron chi connectivity index (χ0n) is 15.8. The predicted molar refractivity (Wildman–Crippen MR) is 112 cm³/mol. The van der Waals surface area contributed by atoms with Crippen LogP contribution in [-0.4, -0.2) is 23.0 Å². The summed E-state index contributed by atoms with van der Waals surface area (Å²) in [6.45, 7) is 3.30. The highest BCUT2D eigenvalue weighted by molar-refractivity contribution is 7.14. The predicted octanol–water partition coefficient (Wildman–Crippen LogP) is 5.05. The fraction of sp³-hybridized carbons (Fsp3) is 0.136. The normalized spacial score (nSPS) is 11.9. The summed E-state index contributed by atoms with van der Waals surface area (Å²) in [7, 11) is 0. The zero-order chi connectivity index (χ0) is 20.4. The molecule has 0 aliphatic heterocycles. The highest BCUT2D eigenvalue weighted by atomic mass is 32.1. The van der Waals surface area contributed by atoms with E-state index in [1.54, 1.807) is 13.0 Å². The molecule has 0 saturated heterocycles. The number of aromatic nitrogens is 1. The molecule has 0 radical (unpaired) electrons. The fourth-order valence-electron chi connectivity index (χ4n) is 2.92. The van der Waals surface area contributed by atoms with Gasteiger partial charge in [-0.1, -0.05) is 48.5 Å². The lowest BCUT2D eigenvalue weighted by Crippen LogP contribution is -2.30. The van der Waals surface area contributed by atoms with Crippen molar-refractivity contribution in [2.45, 2.75) is 20.0 Å². The molecule has 0 saturated carbocycles. The van der Waals surface area contributed by atoms with E-state index < -0.39 is 18.0 Å². The minimum atomic E-state index is -1.00. The van der Waals surface area contributed by atoms with Crippen LogP contribution in [0.5, 0.6) is 0 Å². The Morgan fingerprint density at radius 3 is 2.59 bits per heavy atom. The van der Waals surface area contributed by atoms with Crippen molar-refractivity contribution < 1.29 is 18.7 Å². The average Bonchev–Trinajstić information content (AvgIpc) is 3.33. The molecule has 1 amide bonds. The quantitative estimate of drug-likeness (QED) is 0.469. The average molecular weight is 406 g/mol. The van der Waals surface area contributed by atoms with E-state index in [9.17, 15) is 9.59 Å². The Hall–Kier alpha value is -3.45. The number of nitrogens with zero attached hydrogens (tertiary/aromatic N) is 1. The number of esters is 1. The molecule has 0 fully saturated rings. The van der Waals surface area contributed by atoms with E-state index in [0.717, 1.165) is 16.6 Å². The SMILES string of the molecule is Cc1c(C(=O)OC(C)C(=O)Nc2nc(-c3ccccc3)cs2)oc2ccccc12. The minimum Gasteiger partial charge on any atom is -0.449 e. The monoisotopic (exact) mass is 406 g/mol. The molecule has 0 spiro atoms. The van der Waals surface area contributed by atoms with Crippen LogP contribution in [0.15, 0.2) is 64.4 Å². The number of carbonyl (C=O) groups excluding carboxylic acids is 2. The van der Waals surface area contributed by atoms with Gasteiger partial charge in [0.15, 0.2) is 11.2 Å². The molecule has 2 heterocycles. The number of amides is 1. The van der Waals surface area contributed by atoms with Gasteiger partial charge in [-0.2, -0.15) is 0 Å². The van der Waals surface area contributed by atoms with Gasteiger partial charge in [0.2, 0.25) is 5.76 Å². The molecular formula is C22H18N2O4S. The van der Waals surface area contributed by atoms with Crippen LogP contribution in [0, 0.1) is 6.92 Å². The molecule has 0 bridgehead atoms. The molecule has 4 rings (SSSR count). The van der Waals surface area contributed by atoms with E-state index in [0.29, 0.717) is 16.3 Å². The van der Waals surface area contributed by atoms with Crippen molar-refractivity contribution in [3.63, 3.8) is 0 Å². The second kappa shape index (κ2) is 7.89. The van der Waals surface area contributed by atoms with Crippen molar-refractivity contribution in [3.05, 3.63) is 71.3 Å². The summed E-state index contributed by atoms with van der Waals surface area (Å²) in [5.41, 5.74) is 3.02. The van der Waals surface area contributed by atoms with Crippen molar-refractivity contribution in [1.29, 1.82) is 0 Å². The van der Waals surface area contributed by atoms with Crippen molar-refractivity contribution in [1.82, 2.24) is 4.98 Å². The van der Waals surface area contributed by atoms with Crippen LogP contribution in [-0.2, 0) is 9.53 Å². The number of rotatable bonds is 5. The molecule has 4 aromatic rings. The number of aryl methyl sites for hydroxylation is 1. The maximum absolute atomic E-state index is 12.5. The Morgan fingerprint density at radius 1 is 1.10 bits per heavy atom. The number of thiazole rings is 1. The second-order valence-corrected chi connectivity index (χ2v) is 7.35. The van der Waals surface area contributed by atoms with Crippen molar-refractivity contribution in [3.8, 4) is 11.3 Å². The molecule has 29 heavy (non-hydrogen) atoms. The van der Waals surface area contributed by atoms with Gasteiger partial charge in [-0.25, -0.2) is 9.78 Å². The highest BCUT2D eigenvalue weighted by Gasteiger charge is 2.24. The molecule has 0 aliphatic carbocycles. The number of hydrogen-bond donors (Lipinski definition) is 1. The highest BCUT2D eigenvalue weighted by Crippen LogP contribution is 2.27. The lowest BCUT2D eigenvalue weighted by molar-refractivity contribution is -0.123. The molecule has 1 N–H and O–H groups in total. The van der Waals surface area contributed by atoms with Gasteiger partial charge in [0.1, 0.15) is 5.58 Å². The molecule has 1 atom stereocenters. The van der Waals surface area contributed by atoms with Gasteiger partial charge < -0.3 is 9.15 Å². The summed E-state index contributed by atoms with van der Waals surface area (Å²) in [5, 5.41) is 5.83. The number of benzene rings is 2. The van der Waals surface area contributed by atoms with E-state index >= 15 is 0 Å². The van der Waals surface area contributed by atoms with Gasteiger partial charge in [0.05, 0.1) is 5.69 Å². The van der Waals surface area contributed by atoms with Crippen LogP contribution >= 0.6 is 11.3 Å². The molecule has 146 valence electrons. The Bertz CT molecular complexity index is 1180. The molecule has 6 nitrogen and oxygen atoms in total. The third-order valence-electron chi connectivity index (χ3n) is 4.49. The Morgan fingerprint density at radius 2 is 1.83 bits per heavy atom. The molecule has 1 unspecified atom stereocenters. The summed E-state index contributed by atoms with van der Waals surface area (Å²) in [6.07, 6.45) is -1.00. The maximum atomic E-state index is 12.5. The van der Waals surface area contributed by atoms with Gasteiger partial charge in [-0.15, -0.1) is 11.3 Å². The third kappa shape index (κ3) is 3.90. The fourth-order valence-corrected chi connectivity index (χ4v) is 3.64. The molecule has 0 aliphatic rings. The number of hydrogen-bond acceptors (Lipinski definition) is 6. The van der Waals surface area contributed by atoms with Crippen LogP contribution in [0.25, 0.3) is 22.2 Å². The summed E-state index contributed by atoms with van der Waals surface area (Å²) in [4.78, 5) is 29.3. The summed E-state index contributed by atoms with van der Waals surface area (Å²) < 4.78 is 10.9. The third-order valence-corrected chi connectivity index (χ3v) is 5.24. The van der Waals surface area contributed by atoms with Crippen LogP contribution in [0.4, 0.5) is 5.13 Å². The first-order chi connectivity index (χ1) is 14.0. The molecule has 2 aromatic heterocycles. The minimum absolute atomic E-state index is 0.103. The van der Waals surface area contributed by atoms with Gasteiger partial charge >= 0.3 is 5.97 Å². The van der Waals surface area contributed by atoms with E-state index in [1.165, 1.54) is 18.3 Å². The first kappa shape index (κ1) is 18.9. The number of carbonyl (C=O) groups is 2. The van der Waals surface area contributed by atoms with Crippen LogP contribution < -0.4 is 5.32 Å². The van der Waals surface area contributed by atoms with Gasteiger partial charge in [-0.05, 0) is 19.9 Å². The number of anilines is 1.